The predicted molar refractivity (Wildman–Crippen MR) is 71.6 cm³/mol. The van der Waals surface area contributed by atoms with Gasteiger partial charge in [-0.1, -0.05) is 30.7 Å². The van der Waals surface area contributed by atoms with E-state index < -0.39 is 0 Å². The predicted octanol–water partition coefficient (Wildman–Crippen LogP) is 3.01. The number of H-pyrrole nitrogens is 1. The quantitative estimate of drug-likeness (QED) is 0.877. The van der Waals surface area contributed by atoms with Crippen LogP contribution in [0.2, 0.25) is 0 Å². The zero-order valence-corrected chi connectivity index (χ0v) is 10.4. The van der Waals surface area contributed by atoms with Crippen LogP contribution in [-0.2, 0) is 0 Å². The van der Waals surface area contributed by atoms with Gasteiger partial charge in [0.2, 0.25) is 0 Å². The van der Waals surface area contributed by atoms with Crippen molar-refractivity contribution in [3.05, 3.63) is 52.1 Å². The van der Waals surface area contributed by atoms with Crippen molar-refractivity contribution in [2.45, 2.75) is 32.1 Å². The third-order valence-corrected chi connectivity index (χ3v) is 3.66. The number of hydrogen-bond donors (Lipinski definition) is 1. The van der Waals surface area contributed by atoms with Gasteiger partial charge in [-0.05, 0) is 37.3 Å². The standard InChI is InChI=1S/C15H16N2O/c1-10-9-14(17-15(18)16-10)13-7-5-12(6-8-13)11-3-2-4-11/h5-9,11H,2-4H2,1H3,(H,16,17,18). The minimum Gasteiger partial charge on any atom is -0.310 e. The van der Waals surface area contributed by atoms with Gasteiger partial charge in [-0.25, -0.2) is 4.79 Å². The van der Waals surface area contributed by atoms with Gasteiger partial charge in [0.25, 0.3) is 0 Å². The van der Waals surface area contributed by atoms with Crippen LogP contribution in [0.15, 0.2) is 35.1 Å². The van der Waals surface area contributed by atoms with Gasteiger partial charge >= 0.3 is 5.69 Å². The topological polar surface area (TPSA) is 45.8 Å². The molecule has 1 aromatic carbocycles. The first-order chi connectivity index (χ1) is 8.72. The molecule has 1 saturated carbocycles. The summed E-state index contributed by atoms with van der Waals surface area (Å²) in [5.74, 6) is 0.743. The molecule has 3 nitrogen and oxygen atoms in total. The molecule has 0 aliphatic heterocycles. The Morgan fingerprint density at radius 2 is 1.94 bits per heavy atom. The lowest BCUT2D eigenvalue weighted by molar-refractivity contribution is 0.420. The summed E-state index contributed by atoms with van der Waals surface area (Å²) in [5.41, 5.74) is 3.72. The van der Waals surface area contributed by atoms with Crippen molar-refractivity contribution in [1.29, 1.82) is 0 Å². The zero-order valence-electron chi connectivity index (χ0n) is 10.4. The molecule has 1 aromatic heterocycles. The molecule has 0 radical (unpaired) electrons. The molecule has 1 fully saturated rings. The maximum Gasteiger partial charge on any atom is 0.345 e. The highest BCUT2D eigenvalue weighted by atomic mass is 16.1. The Labute approximate surface area is 106 Å². The Hall–Kier alpha value is -1.90. The Bertz CT molecular complexity index is 609. The Balaban J connectivity index is 1.93. The van der Waals surface area contributed by atoms with Crippen molar-refractivity contribution in [3.63, 3.8) is 0 Å². The fourth-order valence-electron chi connectivity index (χ4n) is 2.39. The van der Waals surface area contributed by atoms with Crippen LogP contribution in [0.1, 0.15) is 36.4 Å². The summed E-state index contributed by atoms with van der Waals surface area (Å²) in [6.07, 6.45) is 3.96. The van der Waals surface area contributed by atoms with Crippen molar-refractivity contribution in [1.82, 2.24) is 9.97 Å². The van der Waals surface area contributed by atoms with Crippen LogP contribution in [0.25, 0.3) is 11.3 Å². The summed E-state index contributed by atoms with van der Waals surface area (Å²) in [6, 6.07) is 10.4. The van der Waals surface area contributed by atoms with Gasteiger partial charge in [-0.15, -0.1) is 0 Å². The molecule has 92 valence electrons. The van der Waals surface area contributed by atoms with Crippen molar-refractivity contribution in [2.75, 3.05) is 0 Å². The molecule has 3 heteroatoms. The molecule has 1 aliphatic rings. The van der Waals surface area contributed by atoms with Crippen LogP contribution < -0.4 is 5.69 Å². The zero-order chi connectivity index (χ0) is 12.5. The number of nitrogens with one attached hydrogen (secondary N) is 1. The fourth-order valence-corrected chi connectivity index (χ4v) is 2.39. The smallest absolute Gasteiger partial charge is 0.310 e. The highest BCUT2D eigenvalue weighted by Crippen LogP contribution is 2.36. The monoisotopic (exact) mass is 240 g/mol. The first-order valence-electron chi connectivity index (χ1n) is 6.41. The van der Waals surface area contributed by atoms with Gasteiger partial charge in [0.1, 0.15) is 0 Å². The maximum atomic E-state index is 11.3. The van der Waals surface area contributed by atoms with E-state index in [2.05, 4.69) is 34.2 Å². The average molecular weight is 240 g/mol. The summed E-state index contributed by atoms with van der Waals surface area (Å²) in [7, 11) is 0. The van der Waals surface area contributed by atoms with Gasteiger partial charge in [-0.3, -0.25) is 0 Å². The normalized spacial score (nSPS) is 15.4. The van der Waals surface area contributed by atoms with Crippen molar-refractivity contribution >= 4 is 0 Å². The van der Waals surface area contributed by atoms with Crippen molar-refractivity contribution in [3.8, 4) is 11.3 Å². The molecular weight excluding hydrogens is 224 g/mol. The lowest BCUT2D eigenvalue weighted by atomic mass is 9.80. The average Bonchev–Trinajstić information content (AvgIpc) is 2.26. The molecule has 1 N–H and O–H groups in total. The van der Waals surface area contributed by atoms with E-state index in [0.717, 1.165) is 22.9 Å². The van der Waals surface area contributed by atoms with Crippen LogP contribution in [0.3, 0.4) is 0 Å². The van der Waals surface area contributed by atoms with E-state index in [1.54, 1.807) is 0 Å². The highest BCUT2D eigenvalue weighted by Gasteiger charge is 2.19. The number of aromatic amines is 1. The van der Waals surface area contributed by atoms with E-state index in [4.69, 9.17) is 0 Å². The Morgan fingerprint density at radius 1 is 1.22 bits per heavy atom. The molecule has 2 aromatic rings. The second-order valence-corrected chi connectivity index (χ2v) is 5.00. The van der Waals surface area contributed by atoms with E-state index in [1.165, 1.54) is 24.8 Å². The summed E-state index contributed by atoms with van der Waals surface area (Å²) < 4.78 is 0. The van der Waals surface area contributed by atoms with E-state index in [-0.39, 0.29) is 5.69 Å². The molecule has 0 unspecified atom stereocenters. The maximum absolute atomic E-state index is 11.3. The van der Waals surface area contributed by atoms with Gasteiger partial charge in [0, 0.05) is 11.3 Å². The van der Waals surface area contributed by atoms with Crippen LogP contribution in [0.4, 0.5) is 0 Å². The molecule has 0 spiro atoms. The van der Waals surface area contributed by atoms with E-state index in [0.29, 0.717) is 0 Å². The molecule has 18 heavy (non-hydrogen) atoms. The minimum absolute atomic E-state index is 0.284. The van der Waals surface area contributed by atoms with Gasteiger partial charge in [0.05, 0.1) is 5.69 Å². The molecule has 0 amide bonds. The number of nitrogens with zero attached hydrogens (tertiary/aromatic N) is 1. The van der Waals surface area contributed by atoms with Crippen molar-refractivity contribution < 1.29 is 0 Å². The largest absolute Gasteiger partial charge is 0.345 e. The van der Waals surface area contributed by atoms with Gasteiger partial charge < -0.3 is 4.98 Å². The number of benzene rings is 1. The first kappa shape index (κ1) is 11.2. The number of rotatable bonds is 2. The van der Waals surface area contributed by atoms with Crippen LogP contribution >= 0.6 is 0 Å². The lowest BCUT2D eigenvalue weighted by Crippen LogP contribution is -2.12. The molecule has 1 heterocycles. The summed E-state index contributed by atoms with van der Waals surface area (Å²) in [4.78, 5) is 18.0. The highest BCUT2D eigenvalue weighted by molar-refractivity contribution is 5.59. The molecule has 1 aliphatic carbocycles. The third kappa shape index (κ3) is 2.08. The fraction of sp³-hybridized carbons (Fsp3) is 0.333. The molecule has 0 atom stereocenters. The van der Waals surface area contributed by atoms with Crippen LogP contribution in [0.5, 0.6) is 0 Å². The number of hydrogen-bond acceptors (Lipinski definition) is 2. The van der Waals surface area contributed by atoms with Crippen LogP contribution in [-0.4, -0.2) is 9.97 Å². The summed E-state index contributed by atoms with van der Waals surface area (Å²) in [5, 5.41) is 0. The van der Waals surface area contributed by atoms with Crippen molar-refractivity contribution in [2.24, 2.45) is 0 Å². The lowest BCUT2D eigenvalue weighted by Gasteiger charge is -2.25. The third-order valence-electron chi connectivity index (χ3n) is 3.66. The van der Waals surface area contributed by atoms with E-state index in [1.807, 2.05) is 13.0 Å². The minimum atomic E-state index is -0.284. The number of aromatic nitrogens is 2. The molecule has 3 rings (SSSR count). The second-order valence-electron chi connectivity index (χ2n) is 5.00. The first-order valence-corrected chi connectivity index (χ1v) is 6.41. The van der Waals surface area contributed by atoms with Gasteiger partial charge in [-0.2, -0.15) is 4.98 Å². The summed E-state index contributed by atoms with van der Waals surface area (Å²) in [6.45, 7) is 1.87. The van der Waals surface area contributed by atoms with E-state index in [9.17, 15) is 4.79 Å². The van der Waals surface area contributed by atoms with Crippen LogP contribution in [0, 0.1) is 6.92 Å². The molecular formula is C15H16N2O. The van der Waals surface area contributed by atoms with Gasteiger partial charge in [0.15, 0.2) is 0 Å². The molecule has 0 saturated heterocycles. The second kappa shape index (κ2) is 4.41. The summed E-state index contributed by atoms with van der Waals surface area (Å²) >= 11 is 0. The molecule has 0 bridgehead atoms. The Morgan fingerprint density at radius 3 is 2.50 bits per heavy atom. The Kier molecular flexibility index (Phi) is 2.74. The SMILES string of the molecule is Cc1cc(-c2ccc(C3CCC3)cc2)nc(=O)[nH]1. The number of aryl methyl sites for hydroxylation is 1. The van der Waals surface area contributed by atoms with E-state index >= 15 is 0 Å².